The van der Waals surface area contributed by atoms with Crippen molar-refractivity contribution in [2.24, 2.45) is 0 Å². The molecular weight excluding hydrogens is 332 g/mol. The number of benzene rings is 1. The number of hydrogen-bond donors (Lipinski definition) is 1. The molecule has 1 rings (SSSR count). The van der Waals surface area contributed by atoms with Crippen LogP contribution in [0, 0.1) is 0 Å². The highest BCUT2D eigenvalue weighted by Crippen LogP contribution is 2.23. The van der Waals surface area contributed by atoms with Crippen molar-refractivity contribution in [2.75, 3.05) is 5.73 Å². The van der Waals surface area contributed by atoms with E-state index in [2.05, 4.69) is 0 Å². The van der Waals surface area contributed by atoms with Gasteiger partial charge in [-0.1, -0.05) is 11.6 Å². The molecule has 0 bridgehead atoms. The molecule has 134 valence electrons. The molecule has 6 nitrogen and oxygen atoms in total. The Labute approximate surface area is 147 Å². The van der Waals surface area contributed by atoms with Gasteiger partial charge in [0.05, 0.1) is 6.54 Å². The third-order valence-electron chi connectivity index (χ3n) is 2.63. The fraction of sp³-hybridized carbons (Fsp3) is 0.529. The van der Waals surface area contributed by atoms with Crippen LogP contribution in [-0.2, 0) is 16.0 Å². The Balaban J connectivity index is 3.10. The summed E-state index contributed by atoms with van der Waals surface area (Å²) in [4.78, 5) is 25.7. The van der Waals surface area contributed by atoms with E-state index in [1.165, 1.54) is 0 Å². The van der Waals surface area contributed by atoms with Gasteiger partial charge in [0.1, 0.15) is 11.2 Å². The number of imide groups is 1. The molecular formula is C17H25ClN2O4. The third kappa shape index (κ3) is 6.66. The molecule has 0 heterocycles. The van der Waals surface area contributed by atoms with Gasteiger partial charge in [0.15, 0.2) is 0 Å². The van der Waals surface area contributed by atoms with Crippen molar-refractivity contribution in [1.82, 2.24) is 4.90 Å². The van der Waals surface area contributed by atoms with E-state index >= 15 is 0 Å². The van der Waals surface area contributed by atoms with Crippen LogP contribution >= 0.6 is 11.6 Å². The highest BCUT2D eigenvalue weighted by molar-refractivity contribution is 6.31. The van der Waals surface area contributed by atoms with Gasteiger partial charge in [0.2, 0.25) is 0 Å². The highest BCUT2D eigenvalue weighted by atomic mass is 35.5. The van der Waals surface area contributed by atoms with Gasteiger partial charge in [-0.25, -0.2) is 14.5 Å². The maximum atomic E-state index is 12.4. The number of carbonyl (C=O) groups is 2. The van der Waals surface area contributed by atoms with E-state index in [1.807, 2.05) is 0 Å². The summed E-state index contributed by atoms with van der Waals surface area (Å²) in [7, 11) is 0. The fourth-order valence-electron chi connectivity index (χ4n) is 1.72. The molecule has 0 aromatic heterocycles. The number of nitrogens with two attached hydrogens (primary N) is 1. The van der Waals surface area contributed by atoms with E-state index < -0.39 is 23.4 Å². The zero-order valence-corrected chi connectivity index (χ0v) is 15.7. The molecule has 0 fully saturated rings. The number of amides is 2. The first kappa shape index (κ1) is 20.1. The molecule has 24 heavy (non-hydrogen) atoms. The molecule has 0 aliphatic carbocycles. The predicted octanol–water partition coefficient (Wildman–Crippen LogP) is 4.59. The van der Waals surface area contributed by atoms with Gasteiger partial charge in [-0.15, -0.1) is 0 Å². The second-order valence-electron chi connectivity index (χ2n) is 7.40. The summed E-state index contributed by atoms with van der Waals surface area (Å²) in [6.45, 7) is 10.2. The summed E-state index contributed by atoms with van der Waals surface area (Å²) in [6.07, 6.45) is -1.62. The van der Waals surface area contributed by atoms with Crippen LogP contribution in [0.2, 0.25) is 5.02 Å². The molecule has 0 spiro atoms. The normalized spacial score (nSPS) is 11.8. The maximum Gasteiger partial charge on any atom is 0.420 e. The van der Waals surface area contributed by atoms with Crippen molar-refractivity contribution in [2.45, 2.75) is 59.3 Å². The van der Waals surface area contributed by atoms with E-state index in [4.69, 9.17) is 26.8 Å². The van der Waals surface area contributed by atoms with Crippen LogP contribution in [0.3, 0.4) is 0 Å². The Morgan fingerprint density at radius 2 is 1.50 bits per heavy atom. The van der Waals surface area contributed by atoms with Gasteiger partial charge in [0.25, 0.3) is 0 Å². The topological polar surface area (TPSA) is 81.9 Å². The lowest BCUT2D eigenvalue weighted by atomic mass is 10.2. The van der Waals surface area contributed by atoms with Crippen molar-refractivity contribution in [3.63, 3.8) is 0 Å². The standard InChI is InChI=1S/C17H25ClN2O4/c1-16(2,3)23-14(21)20(15(22)24-17(4,5)6)10-11-9-12(19)7-8-13(11)18/h7-9H,10,19H2,1-6H3. The molecule has 1 aromatic rings. The molecule has 2 N–H and O–H groups in total. The Hall–Kier alpha value is -1.95. The quantitative estimate of drug-likeness (QED) is 0.783. The van der Waals surface area contributed by atoms with E-state index in [0.29, 0.717) is 16.3 Å². The molecule has 2 amide bonds. The number of rotatable bonds is 2. The van der Waals surface area contributed by atoms with Gasteiger partial charge >= 0.3 is 12.2 Å². The van der Waals surface area contributed by atoms with Crippen molar-refractivity contribution in [1.29, 1.82) is 0 Å². The van der Waals surface area contributed by atoms with Crippen LogP contribution in [0.1, 0.15) is 47.1 Å². The zero-order chi connectivity index (χ0) is 18.7. The van der Waals surface area contributed by atoms with Crippen molar-refractivity contribution >= 4 is 29.5 Å². The minimum atomic E-state index is -0.810. The number of anilines is 1. The highest BCUT2D eigenvalue weighted by Gasteiger charge is 2.31. The number of halogens is 1. The number of nitrogen functional groups attached to an aromatic ring is 1. The van der Waals surface area contributed by atoms with E-state index in [9.17, 15) is 9.59 Å². The Bertz CT molecular complexity index is 590. The maximum absolute atomic E-state index is 12.4. The number of nitrogens with zero attached hydrogens (tertiary/aromatic N) is 1. The van der Waals surface area contributed by atoms with Crippen LogP contribution in [-0.4, -0.2) is 28.3 Å². The van der Waals surface area contributed by atoms with Crippen molar-refractivity contribution < 1.29 is 19.1 Å². The van der Waals surface area contributed by atoms with E-state index in [1.54, 1.807) is 59.7 Å². The van der Waals surface area contributed by atoms with Gasteiger partial charge < -0.3 is 15.2 Å². The largest absolute Gasteiger partial charge is 0.443 e. The monoisotopic (exact) mass is 356 g/mol. The van der Waals surface area contributed by atoms with Crippen molar-refractivity contribution in [3.05, 3.63) is 28.8 Å². The molecule has 7 heteroatoms. The number of carbonyl (C=O) groups excluding carboxylic acids is 2. The van der Waals surface area contributed by atoms with Crippen LogP contribution in [0.5, 0.6) is 0 Å². The van der Waals surface area contributed by atoms with Crippen LogP contribution < -0.4 is 5.73 Å². The molecule has 1 aromatic carbocycles. The first-order chi connectivity index (χ1) is 10.8. The summed E-state index contributed by atoms with van der Waals surface area (Å²) >= 11 is 6.13. The molecule has 0 aliphatic heterocycles. The van der Waals surface area contributed by atoms with Gasteiger partial charge in [0, 0.05) is 10.7 Å². The van der Waals surface area contributed by atoms with Gasteiger partial charge in [-0.3, -0.25) is 0 Å². The Kier molecular flexibility index (Phi) is 6.11. The van der Waals surface area contributed by atoms with Crippen LogP contribution in [0.15, 0.2) is 18.2 Å². The predicted molar refractivity (Wildman–Crippen MR) is 93.9 cm³/mol. The van der Waals surface area contributed by atoms with Gasteiger partial charge in [-0.2, -0.15) is 0 Å². The smallest absolute Gasteiger partial charge is 0.420 e. The molecule has 0 atom stereocenters. The number of ether oxygens (including phenoxy) is 2. The number of hydrogen-bond acceptors (Lipinski definition) is 5. The molecule has 0 radical (unpaired) electrons. The summed E-state index contributed by atoms with van der Waals surface area (Å²) < 4.78 is 10.6. The summed E-state index contributed by atoms with van der Waals surface area (Å²) in [5, 5.41) is 0.390. The minimum Gasteiger partial charge on any atom is -0.443 e. The SMILES string of the molecule is CC(C)(C)OC(=O)N(Cc1cc(N)ccc1Cl)C(=O)OC(C)(C)C. The zero-order valence-electron chi connectivity index (χ0n) is 15.0. The molecule has 0 saturated heterocycles. The lowest BCUT2D eigenvalue weighted by Crippen LogP contribution is -2.43. The first-order valence-corrected chi connectivity index (χ1v) is 7.94. The summed E-state index contributed by atoms with van der Waals surface area (Å²) in [6, 6.07) is 4.84. The Morgan fingerprint density at radius 3 is 1.92 bits per heavy atom. The summed E-state index contributed by atoms with van der Waals surface area (Å²) in [5.41, 5.74) is 5.24. The second kappa shape index (κ2) is 7.30. The fourth-order valence-corrected chi connectivity index (χ4v) is 1.90. The average Bonchev–Trinajstić information content (AvgIpc) is 2.35. The van der Waals surface area contributed by atoms with Gasteiger partial charge in [-0.05, 0) is 65.3 Å². The second-order valence-corrected chi connectivity index (χ2v) is 7.80. The lowest BCUT2D eigenvalue weighted by molar-refractivity contribution is -0.000234. The molecule has 0 aliphatic rings. The first-order valence-electron chi connectivity index (χ1n) is 7.56. The molecule has 0 unspecified atom stereocenters. The van der Waals surface area contributed by atoms with E-state index in [0.717, 1.165) is 4.90 Å². The Morgan fingerprint density at radius 1 is 1.04 bits per heavy atom. The average molecular weight is 357 g/mol. The minimum absolute atomic E-state index is 0.103. The lowest BCUT2D eigenvalue weighted by Gasteiger charge is -2.28. The van der Waals surface area contributed by atoms with Crippen LogP contribution in [0.4, 0.5) is 15.3 Å². The van der Waals surface area contributed by atoms with Crippen molar-refractivity contribution in [3.8, 4) is 0 Å². The third-order valence-corrected chi connectivity index (χ3v) is 2.99. The van der Waals surface area contributed by atoms with Crippen LogP contribution in [0.25, 0.3) is 0 Å². The molecule has 0 saturated carbocycles. The van der Waals surface area contributed by atoms with E-state index in [-0.39, 0.29) is 6.54 Å². The summed E-state index contributed by atoms with van der Waals surface area (Å²) in [5.74, 6) is 0.